The van der Waals surface area contributed by atoms with Gasteiger partial charge in [0.25, 0.3) is 0 Å². The van der Waals surface area contributed by atoms with Crippen LogP contribution in [0.25, 0.3) is 5.65 Å². The molecule has 0 unspecified atom stereocenters. The zero-order valence-electron chi connectivity index (χ0n) is 16.5. The molecule has 1 aliphatic heterocycles. The zero-order chi connectivity index (χ0) is 20.4. The van der Waals surface area contributed by atoms with Gasteiger partial charge < -0.3 is 15.4 Å². The molecule has 152 valence electrons. The van der Waals surface area contributed by atoms with Crippen molar-refractivity contribution in [3.8, 4) is 0 Å². The van der Waals surface area contributed by atoms with Crippen LogP contribution in [-0.2, 0) is 16.1 Å². The number of hydrogen-bond donors (Lipinski definition) is 2. The molecular weight excluding hydrogens is 372 g/mol. The third kappa shape index (κ3) is 4.14. The van der Waals surface area contributed by atoms with Crippen molar-refractivity contribution in [1.82, 2.24) is 24.5 Å². The van der Waals surface area contributed by atoms with E-state index >= 15 is 0 Å². The van der Waals surface area contributed by atoms with Crippen molar-refractivity contribution in [2.45, 2.75) is 39.3 Å². The third-order valence-corrected chi connectivity index (χ3v) is 4.93. The Morgan fingerprint density at radius 1 is 1.31 bits per heavy atom. The van der Waals surface area contributed by atoms with Gasteiger partial charge in [0.2, 0.25) is 11.9 Å². The quantitative estimate of drug-likeness (QED) is 0.655. The minimum absolute atomic E-state index is 0.0495. The number of hydrogen-bond acceptors (Lipinski definition) is 6. The molecule has 1 saturated heterocycles. The Kier molecular flexibility index (Phi) is 5.30. The summed E-state index contributed by atoms with van der Waals surface area (Å²) < 4.78 is 8.04. The molecule has 2 N–H and O–H groups in total. The van der Waals surface area contributed by atoms with E-state index in [0.29, 0.717) is 23.8 Å². The van der Waals surface area contributed by atoms with Crippen molar-refractivity contribution in [2.75, 3.05) is 18.5 Å². The number of amides is 1. The Balaban J connectivity index is 1.58. The lowest BCUT2D eigenvalue weighted by atomic mass is 10.2. The molecule has 9 heteroatoms. The van der Waals surface area contributed by atoms with Crippen LogP contribution in [0.15, 0.2) is 35.1 Å². The van der Waals surface area contributed by atoms with Crippen molar-refractivity contribution >= 4 is 23.2 Å². The predicted octanol–water partition coefficient (Wildman–Crippen LogP) is 1.55. The highest BCUT2D eigenvalue weighted by Crippen LogP contribution is 2.19. The lowest BCUT2D eigenvalue weighted by molar-refractivity contribution is -0.122. The number of nitrogens with zero attached hydrogens (tertiary/aromatic N) is 4. The smallest absolute Gasteiger partial charge is 0.353 e. The topological polar surface area (TPSA) is 103 Å². The van der Waals surface area contributed by atoms with Crippen molar-refractivity contribution in [3.05, 3.63) is 52.1 Å². The molecule has 0 spiro atoms. The number of para-hydroxylation sites is 1. The average Bonchev–Trinajstić information content (AvgIpc) is 3.30. The first-order chi connectivity index (χ1) is 14.0. The third-order valence-electron chi connectivity index (χ3n) is 4.93. The normalized spacial score (nSPS) is 16.3. The molecule has 3 heterocycles. The van der Waals surface area contributed by atoms with Gasteiger partial charge in [0.05, 0.1) is 6.10 Å². The molecule has 2 aromatic heterocycles. The number of ether oxygens (including phenoxy) is 1. The van der Waals surface area contributed by atoms with Crippen molar-refractivity contribution in [1.29, 1.82) is 0 Å². The second-order valence-corrected chi connectivity index (χ2v) is 7.23. The summed E-state index contributed by atoms with van der Waals surface area (Å²) in [6.07, 6.45) is 2.00. The van der Waals surface area contributed by atoms with E-state index < -0.39 is 5.69 Å². The van der Waals surface area contributed by atoms with Crippen molar-refractivity contribution in [3.63, 3.8) is 0 Å². The van der Waals surface area contributed by atoms with Crippen molar-refractivity contribution < 1.29 is 9.53 Å². The molecule has 0 bridgehead atoms. The van der Waals surface area contributed by atoms with Gasteiger partial charge in [-0.25, -0.2) is 18.9 Å². The summed E-state index contributed by atoms with van der Waals surface area (Å²) in [5.74, 6) is 0.0921. The maximum Gasteiger partial charge on any atom is 0.353 e. The first-order valence-electron chi connectivity index (χ1n) is 9.69. The molecular formula is C20H24N6O3. The first-order valence-corrected chi connectivity index (χ1v) is 9.69. The standard InChI is InChI=1S/C20H24N6O3/c1-13-6-3-4-8-16(13)23-19-22-14(2)10-17-24-25(20(28)26(17)19)12-18(27)21-11-15-7-5-9-29-15/h3-4,6,8,10,15H,5,7,9,11-12H2,1-2H3,(H,21,27)(H,22,23)/t15-/m1/s1. The fourth-order valence-corrected chi connectivity index (χ4v) is 3.40. The Labute approximate surface area is 167 Å². The van der Waals surface area contributed by atoms with Crippen LogP contribution in [0.3, 0.4) is 0 Å². The van der Waals surface area contributed by atoms with Gasteiger partial charge in [-0.1, -0.05) is 18.2 Å². The van der Waals surface area contributed by atoms with Crippen LogP contribution in [-0.4, -0.2) is 44.3 Å². The van der Waals surface area contributed by atoms with Gasteiger partial charge in [-0.3, -0.25) is 4.79 Å². The van der Waals surface area contributed by atoms with E-state index in [1.807, 2.05) is 38.1 Å². The molecule has 1 aromatic carbocycles. The summed E-state index contributed by atoms with van der Waals surface area (Å²) in [6, 6.07) is 9.45. The van der Waals surface area contributed by atoms with Crippen LogP contribution in [0.1, 0.15) is 24.1 Å². The SMILES string of the molecule is Cc1cc2nn(CC(=O)NC[C@H]3CCCO3)c(=O)n2c(Nc2ccccc2C)n1. The van der Waals surface area contributed by atoms with E-state index in [0.717, 1.165) is 35.4 Å². The van der Waals surface area contributed by atoms with Gasteiger partial charge in [-0.05, 0) is 38.3 Å². The number of fused-ring (bicyclic) bond motifs is 1. The molecule has 9 nitrogen and oxygen atoms in total. The van der Waals surface area contributed by atoms with E-state index in [1.54, 1.807) is 6.07 Å². The molecule has 4 rings (SSSR count). The van der Waals surface area contributed by atoms with Gasteiger partial charge in [-0.15, -0.1) is 5.10 Å². The number of carbonyl (C=O) groups is 1. The number of nitrogens with one attached hydrogen (secondary N) is 2. The summed E-state index contributed by atoms with van der Waals surface area (Å²) in [6.45, 7) is 4.83. The molecule has 3 aromatic rings. The van der Waals surface area contributed by atoms with Gasteiger partial charge in [-0.2, -0.15) is 0 Å². The van der Waals surface area contributed by atoms with E-state index in [9.17, 15) is 9.59 Å². The van der Waals surface area contributed by atoms with E-state index in [1.165, 1.54) is 4.40 Å². The lowest BCUT2D eigenvalue weighted by Gasteiger charge is -2.10. The number of rotatable bonds is 6. The number of aromatic nitrogens is 4. The number of benzene rings is 1. The number of anilines is 2. The molecule has 29 heavy (non-hydrogen) atoms. The summed E-state index contributed by atoms with van der Waals surface area (Å²) in [5, 5.41) is 10.3. The van der Waals surface area contributed by atoms with Gasteiger partial charge in [0.1, 0.15) is 6.54 Å². The van der Waals surface area contributed by atoms with E-state index in [4.69, 9.17) is 4.74 Å². The van der Waals surface area contributed by atoms with Crippen LogP contribution in [0.2, 0.25) is 0 Å². The minimum Gasteiger partial charge on any atom is -0.376 e. The summed E-state index contributed by atoms with van der Waals surface area (Å²) >= 11 is 0. The largest absolute Gasteiger partial charge is 0.376 e. The summed E-state index contributed by atoms with van der Waals surface area (Å²) in [5.41, 5.74) is 2.61. The lowest BCUT2D eigenvalue weighted by Crippen LogP contribution is -2.36. The van der Waals surface area contributed by atoms with E-state index in [2.05, 4.69) is 20.7 Å². The Morgan fingerprint density at radius 3 is 2.90 bits per heavy atom. The average molecular weight is 396 g/mol. The molecule has 1 amide bonds. The van der Waals surface area contributed by atoms with Gasteiger partial charge in [0.15, 0.2) is 5.65 Å². The maximum atomic E-state index is 12.9. The Bertz CT molecular complexity index is 1100. The summed E-state index contributed by atoms with van der Waals surface area (Å²) in [7, 11) is 0. The monoisotopic (exact) mass is 396 g/mol. The Hall–Kier alpha value is -3.20. The molecule has 1 aliphatic rings. The summed E-state index contributed by atoms with van der Waals surface area (Å²) in [4.78, 5) is 29.7. The maximum absolute atomic E-state index is 12.9. The molecule has 0 aliphatic carbocycles. The van der Waals surface area contributed by atoms with Gasteiger partial charge >= 0.3 is 5.69 Å². The molecule has 1 atom stereocenters. The predicted molar refractivity (Wildman–Crippen MR) is 108 cm³/mol. The van der Waals surface area contributed by atoms with E-state index in [-0.39, 0.29) is 18.6 Å². The van der Waals surface area contributed by atoms with Crippen LogP contribution in [0.5, 0.6) is 0 Å². The second kappa shape index (κ2) is 8.04. The van der Waals surface area contributed by atoms with Crippen LogP contribution in [0.4, 0.5) is 11.6 Å². The molecule has 1 fully saturated rings. The number of carbonyl (C=O) groups excluding carboxylic acids is 1. The van der Waals surface area contributed by atoms with Gasteiger partial charge in [0, 0.05) is 30.6 Å². The van der Waals surface area contributed by atoms with Crippen molar-refractivity contribution in [2.24, 2.45) is 0 Å². The fraction of sp³-hybridized carbons (Fsp3) is 0.400. The second-order valence-electron chi connectivity index (χ2n) is 7.23. The highest BCUT2D eigenvalue weighted by molar-refractivity contribution is 5.75. The molecule has 0 saturated carbocycles. The highest BCUT2D eigenvalue weighted by Gasteiger charge is 2.18. The fourth-order valence-electron chi connectivity index (χ4n) is 3.40. The minimum atomic E-state index is -0.421. The van der Waals surface area contributed by atoms with Crippen LogP contribution >= 0.6 is 0 Å². The van der Waals surface area contributed by atoms with Crippen LogP contribution in [0, 0.1) is 13.8 Å². The first kappa shape index (κ1) is 19.1. The Morgan fingerprint density at radius 2 is 2.14 bits per heavy atom. The number of aryl methyl sites for hydroxylation is 2. The van der Waals surface area contributed by atoms with Crippen LogP contribution < -0.4 is 16.3 Å². The zero-order valence-corrected chi connectivity index (χ0v) is 16.5. The molecule has 0 radical (unpaired) electrons. The highest BCUT2D eigenvalue weighted by atomic mass is 16.5.